The van der Waals surface area contributed by atoms with Crippen LogP contribution in [0.4, 0.5) is 5.69 Å². The average molecular weight is 408 g/mol. The Morgan fingerprint density at radius 1 is 1.17 bits per heavy atom. The van der Waals surface area contributed by atoms with Crippen molar-refractivity contribution in [2.75, 3.05) is 24.6 Å². The molecule has 1 atom stereocenters. The second kappa shape index (κ2) is 8.78. The summed E-state index contributed by atoms with van der Waals surface area (Å²) in [6.07, 6.45) is 3.25. The number of rotatable bonds is 6. The molecule has 1 saturated heterocycles. The summed E-state index contributed by atoms with van der Waals surface area (Å²) in [5, 5.41) is 2.99. The predicted octanol–water partition coefficient (Wildman–Crippen LogP) is 3.81. The lowest BCUT2D eigenvalue weighted by Gasteiger charge is -2.47. The maximum absolute atomic E-state index is 13.0. The number of carbonyl (C=O) groups is 2. The number of hydrogen-bond acceptors (Lipinski definition) is 4. The van der Waals surface area contributed by atoms with Gasteiger partial charge in [-0.05, 0) is 57.4 Å². The fraction of sp³-hybridized carbons (Fsp3) is 0.417. The minimum Gasteiger partial charge on any atom is -0.494 e. The SMILES string of the molecule is CCOc1ccccc1CNC(=O)c1ccc2c(c1)N(CC)[C@@H]1CCCCN1C2=O. The van der Waals surface area contributed by atoms with E-state index in [2.05, 4.69) is 17.1 Å². The summed E-state index contributed by atoms with van der Waals surface area (Å²) >= 11 is 0. The maximum atomic E-state index is 13.0. The lowest BCUT2D eigenvalue weighted by atomic mass is 9.97. The molecule has 0 aromatic heterocycles. The van der Waals surface area contributed by atoms with Crippen molar-refractivity contribution in [2.45, 2.75) is 45.8 Å². The van der Waals surface area contributed by atoms with E-state index < -0.39 is 0 Å². The first-order valence-electron chi connectivity index (χ1n) is 10.8. The number of hydrogen-bond donors (Lipinski definition) is 1. The standard InChI is InChI=1S/C24H29N3O3/c1-3-26-20-15-17(12-13-19(20)24(29)27-14-8-7-11-22(26)27)23(28)25-16-18-9-5-6-10-21(18)30-4-2/h5-6,9-10,12-13,15,22H,3-4,7-8,11,14,16H2,1-2H3,(H,25,28)/t22-/m0/s1. The van der Waals surface area contributed by atoms with Gasteiger partial charge in [-0.1, -0.05) is 18.2 Å². The quantitative estimate of drug-likeness (QED) is 0.791. The van der Waals surface area contributed by atoms with E-state index in [4.69, 9.17) is 4.74 Å². The second-order valence-electron chi connectivity index (χ2n) is 7.72. The number of ether oxygens (including phenoxy) is 1. The highest BCUT2D eigenvalue weighted by Crippen LogP contribution is 2.35. The molecular weight excluding hydrogens is 378 g/mol. The molecule has 6 nitrogen and oxygen atoms in total. The zero-order valence-corrected chi connectivity index (χ0v) is 17.7. The summed E-state index contributed by atoms with van der Waals surface area (Å²) < 4.78 is 5.64. The lowest BCUT2D eigenvalue weighted by Crippen LogP contribution is -2.57. The summed E-state index contributed by atoms with van der Waals surface area (Å²) in [5.74, 6) is 0.710. The molecule has 158 valence electrons. The first-order chi connectivity index (χ1) is 14.6. The highest BCUT2D eigenvalue weighted by Gasteiger charge is 2.38. The van der Waals surface area contributed by atoms with Gasteiger partial charge in [-0.3, -0.25) is 9.59 Å². The zero-order valence-electron chi connectivity index (χ0n) is 17.7. The molecule has 0 aliphatic carbocycles. The Hall–Kier alpha value is -3.02. The Morgan fingerprint density at radius 2 is 2.00 bits per heavy atom. The fourth-order valence-electron chi connectivity index (χ4n) is 4.49. The van der Waals surface area contributed by atoms with E-state index in [0.717, 1.165) is 49.4 Å². The molecule has 2 aromatic rings. The molecule has 2 amide bonds. The molecular formula is C24H29N3O3. The number of para-hydroxylation sites is 1. The average Bonchev–Trinajstić information content (AvgIpc) is 2.78. The molecule has 0 spiro atoms. The number of nitrogens with zero attached hydrogens (tertiary/aromatic N) is 2. The Labute approximate surface area is 177 Å². The highest BCUT2D eigenvalue weighted by atomic mass is 16.5. The maximum Gasteiger partial charge on any atom is 0.257 e. The smallest absolute Gasteiger partial charge is 0.257 e. The second-order valence-corrected chi connectivity index (χ2v) is 7.72. The van der Waals surface area contributed by atoms with Gasteiger partial charge in [0, 0.05) is 30.8 Å². The van der Waals surface area contributed by atoms with E-state index in [1.165, 1.54) is 0 Å². The predicted molar refractivity (Wildman–Crippen MR) is 117 cm³/mol. The van der Waals surface area contributed by atoms with Gasteiger partial charge in [0.25, 0.3) is 11.8 Å². The van der Waals surface area contributed by atoms with Gasteiger partial charge in [-0.25, -0.2) is 0 Å². The summed E-state index contributed by atoms with van der Waals surface area (Å²) in [4.78, 5) is 30.1. The summed E-state index contributed by atoms with van der Waals surface area (Å²) in [7, 11) is 0. The Kier molecular flexibility index (Phi) is 5.93. The number of benzene rings is 2. The van der Waals surface area contributed by atoms with Gasteiger partial charge >= 0.3 is 0 Å². The van der Waals surface area contributed by atoms with Crippen LogP contribution in [0.1, 0.15) is 59.4 Å². The highest BCUT2D eigenvalue weighted by molar-refractivity contribution is 6.04. The van der Waals surface area contributed by atoms with Gasteiger partial charge in [0.05, 0.1) is 17.9 Å². The van der Waals surface area contributed by atoms with Crippen LogP contribution < -0.4 is 15.0 Å². The van der Waals surface area contributed by atoms with Crippen LogP contribution in [0.25, 0.3) is 0 Å². The minimum absolute atomic E-state index is 0.0806. The van der Waals surface area contributed by atoms with Gasteiger partial charge in [-0.15, -0.1) is 0 Å². The number of fused-ring (bicyclic) bond motifs is 2. The van der Waals surface area contributed by atoms with Crippen LogP contribution in [0, 0.1) is 0 Å². The molecule has 2 aromatic carbocycles. The normalized spacial score (nSPS) is 17.9. The summed E-state index contributed by atoms with van der Waals surface area (Å²) in [6, 6.07) is 13.1. The molecule has 0 radical (unpaired) electrons. The monoisotopic (exact) mass is 407 g/mol. The largest absolute Gasteiger partial charge is 0.494 e. The third-order valence-electron chi connectivity index (χ3n) is 5.94. The molecule has 2 aliphatic rings. The van der Waals surface area contributed by atoms with Gasteiger partial charge in [0.2, 0.25) is 0 Å². The molecule has 0 bridgehead atoms. The van der Waals surface area contributed by atoms with Crippen LogP contribution in [0.3, 0.4) is 0 Å². The molecule has 2 aliphatic heterocycles. The molecule has 1 N–H and O–H groups in total. The molecule has 2 heterocycles. The van der Waals surface area contributed by atoms with Crippen LogP contribution in [0.5, 0.6) is 5.75 Å². The fourth-order valence-corrected chi connectivity index (χ4v) is 4.49. The van der Waals surface area contributed by atoms with Crippen molar-refractivity contribution in [3.8, 4) is 5.75 Å². The van der Waals surface area contributed by atoms with Crippen LogP contribution in [0.15, 0.2) is 42.5 Å². The van der Waals surface area contributed by atoms with Crippen molar-refractivity contribution in [3.63, 3.8) is 0 Å². The van der Waals surface area contributed by atoms with E-state index >= 15 is 0 Å². The first-order valence-corrected chi connectivity index (χ1v) is 10.8. The van der Waals surface area contributed by atoms with E-state index in [1.54, 1.807) is 12.1 Å². The van der Waals surface area contributed by atoms with Crippen LogP contribution >= 0.6 is 0 Å². The number of carbonyl (C=O) groups excluding carboxylic acids is 2. The van der Waals surface area contributed by atoms with Crippen molar-refractivity contribution in [3.05, 3.63) is 59.2 Å². The Balaban J connectivity index is 1.55. The third-order valence-corrected chi connectivity index (χ3v) is 5.94. The number of piperidine rings is 1. The van der Waals surface area contributed by atoms with Crippen molar-refractivity contribution < 1.29 is 14.3 Å². The van der Waals surface area contributed by atoms with Crippen LogP contribution in [-0.4, -0.2) is 42.6 Å². The topological polar surface area (TPSA) is 61.9 Å². The molecule has 0 unspecified atom stereocenters. The first kappa shape index (κ1) is 20.3. The number of nitrogens with one attached hydrogen (secondary N) is 1. The van der Waals surface area contributed by atoms with Gasteiger partial charge in [0.1, 0.15) is 11.9 Å². The van der Waals surface area contributed by atoms with Gasteiger partial charge in [-0.2, -0.15) is 0 Å². The van der Waals surface area contributed by atoms with Crippen molar-refractivity contribution in [1.29, 1.82) is 0 Å². The third kappa shape index (κ3) is 3.74. The Bertz CT molecular complexity index is 943. The van der Waals surface area contributed by atoms with Crippen molar-refractivity contribution in [2.24, 2.45) is 0 Å². The summed E-state index contributed by atoms with van der Waals surface area (Å²) in [6.45, 7) is 6.61. The van der Waals surface area contributed by atoms with Crippen molar-refractivity contribution >= 4 is 17.5 Å². The van der Waals surface area contributed by atoms with Crippen LogP contribution in [-0.2, 0) is 6.54 Å². The van der Waals surface area contributed by atoms with E-state index in [-0.39, 0.29) is 18.0 Å². The van der Waals surface area contributed by atoms with Gasteiger partial charge < -0.3 is 19.9 Å². The molecule has 6 heteroatoms. The Morgan fingerprint density at radius 3 is 2.80 bits per heavy atom. The lowest BCUT2D eigenvalue weighted by molar-refractivity contribution is 0.0582. The molecule has 1 fully saturated rings. The van der Waals surface area contributed by atoms with E-state index in [9.17, 15) is 9.59 Å². The molecule has 0 saturated carbocycles. The number of anilines is 1. The van der Waals surface area contributed by atoms with Crippen LogP contribution in [0.2, 0.25) is 0 Å². The van der Waals surface area contributed by atoms with Crippen molar-refractivity contribution in [1.82, 2.24) is 10.2 Å². The molecule has 30 heavy (non-hydrogen) atoms. The van der Waals surface area contributed by atoms with Gasteiger partial charge in [0.15, 0.2) is 0 Å². The number of amides is 2. The molecule has 4 rings (SSSR count). The van der Waals surface area contributed by atoms with E-state index in [0.29, 0.717) is 24.3 Å². The minimum atomic E-state index is -0.154. The zero-order chi connectivity index (χ0) is 21.1. The summed E-state index contributed by atoms with van der Waals surface area (Å²) in [5.41, 5.74) is 3.06. The van der Waals surface area contributed by atoms with E-state index in [1.807, 2.05) is 42.2 Å².